The van der Waals surface area contributed by atoms with Gasteiger partial charge in [0, 0.05) is 19.1 Å². The van der Waals surface area contributed by atoms with E-state index in [4.69, 9.17) is 5.73 Å². The minimum Gasteiger partial charge on any atom is -0.381 e. The first-order valence-corrected chi connectivity index (χ1v) is 6.84. The highest BCUT2D eigenvalue weighted by Crippen LogP contribution is 2.16. The molecule has 1 fully saturated rings. The lowest BCUT2D eigenvalue weighted by atomic mass is 10.1. The van der Waals surface area contributed by atoms with Crippen LogP contribution < -0.4 is 11.1 Å². The number of hydrogen-bond donors (Lipinski definition) is 2. The standard InChI is InChI=1S/C13H17N7O/c14-13(21)19-5-3-10(4-6-19)18-11-1-2-12(16-7-11)20-9-15-8-17-20/h1-2,7-10,18H,3-6H2,(H2,14,21). The van der Waals surface area contributed by atoms with Crippen LogP contribution in [0.1, 0.15) is 12.8 Å². The number of urea groups is 1. The fourth-order valence-electron chi connectivity index (χ4n) is 2.41. The summed E-state index contributed by atoms with van der Waals surface area (Å²) < 4.78 is 1.61. The molecule has 0 aliphatic carbocycles. The van der Waals surface area contributed by atoms with Crippen LogP contribution in [-0.2, 0) is 0 Å². The number of rotatable bonds is 3. The Hall–Kier alpha value is -2.64. The second-order valence-electron chi connectivity index (χ2n) is 4.99. The predicted molar refractivity (Wildman–Crippen MR) is 77.0 cm³/mol. The lowest BCUT2D eigenvalue weighted by Gasteiger charge is -2.31. The molecule has 0 spiro atoms. The van der Waals surface area contributed by atoms with Crippen molar-refractivity contribution >= 4 is 11.7 Å². The summed E-state index contributed by atoms with van der Waals surface area (Å²) in [5, 5.41) is 7.46. The van der Waals surface area contributed by atoms with E-state index in [0.29, 0.717) is 19.1 Å². The minimum atomic E-state index is -0.340. The Bertz CT molecular complexity index is 587. The molecule has 8 nitrogen and oxygen atoms in total. The number of nitrogens with zero attached hydrogens (tertiary/aromatic N) is 5. The molecule has 3 rings (SSSR count). The zero-order chi connectivity index (χ0) is 14.7. The number of piperidine rings is 1. The van der Waals surface area contributed by atoms with Crippen molar-refractivity contribution in [3.05, 3.63) is 31.0 Å². The summed E-state index contributed by atoms with van der Waals surface area (Å²) in [6.45, 7) is 1.38. The molecule has 0 radical (unpaired) electrons. The first-order chi connectivity index (χ1) is 10.2. The van der Waals surface area contributed by atoms with Crippen LogP contribution in [0.3, 0.4) is 0 Å². The zero-order valence-electron chi connectivity index (χ0n) is 11.5. The molecule has 0 bridgehead atoms. The van der Waals surface area contributed by atoms with Gasteiger partial charge in [0.05, 0.1) is 11.9 Å². The van der Waals surface area contributed by atoms with Crippen LogP contribution in [0.25, 0.3) is 5.82 Å². The number of primary amides is 1. The van der Waals surface area contributed by atoms with E-state index in [1.165, 1.54) is 6.33 Å². The summed E-state index contributed by atoms with van der Waals surface area (Å²) >= 11 is 0. The summed E-state index contributed by atoms with van der Waals surface area (Å²) in [5.41, 5.74) is 6.23. The van der Waals surface area contributed by atoms with Gasteiger partial charge in [0.25, 0.3) is 0 Å². The van der Waals surface area contributed by atoms with Gasteiger partial charge in [0.15, 0.2) is 5.82 Å². The van der Waals surface area contributed by atoms with Gasteiger partial charge in [-0.05, 0) is 25.0 Å². The van der Waals surface area contributed by atoms with Crippen molar-refractivity contribution in [2.75, 3.05) is 18.4 Å². The third-order valence-electron chi connectivity index (χ3n) is 3.58. The molecule has 21 heavy (non-hydrogen) atoms. The van der Waals surface area contributed by atoms with Crippen molar-refractivity contribution in [2.45, 2.75) is 18.9 Å². The van der Waals surface area contributed by atoms with E-state index in [2.05, 4.69) is 20.4 Å². The molecule has 1 saturated heterocycles. The highest BCUT2D eigenvalue weighted by molar-refractivity contribution is 5.72. The van der Waals surface area contributed by atoms with Crippen LogP contribution in [0.2, 0.25) is 0 Å². The molecule has 8 heteroatoms. The number of carbonyl (C=O) groups excluding carboxylic acids is 1. The van der Waals surface area contributed by atoms with Gasteiger partial charge in [-0.3, -0.25) is 0 Å². The van der Waals surface area contributed by atoms with Gasteiger partial charge in [-0.2, -0.15) is 5.10 Å². The van der Waals surface area contributed by atoms with Crippen molar-refractivity contribution in [1.29, 1.82) is 0 Å². The number of likely N-dealkylation sites (tertiary alicyclic amines) is 1. The highest BCUT2D eigenvalue weighted by Gasteiger charge is 2.20. The third kappa shape index (κ3) is 3.10. The summed E-state index contributed by atoms with van der Waals surface area (Å²) in [7, 11) is 0. The van der Waals surface area contributed by atoms with Crippen LogP contribution >= 0.6 is 0 Å². The molecule has 2 aromatic heterocycles. The maximum absolute atomic E-state index is 11.1. The number of nitrogens with two attached hydrogens (primary N) is 1. The summed E-state index contributed by atoms with van der Waals surface area (Å²) in [6.07, 6.45) is 6.62. The maximum atomic E-state index is 11.1. The number of carbonyl (C=O) groups is 1. The van der Waals surface area contributed by atoms with E-state index in [0.717, 1.165) is 24.3 Å². The fourth-order valence-corrected chi connectivity index (χ4v) is 2.41. The SMILES string of the molecule is NC(=O)N1CCC(Nc2ccc(-n3cncn3)nc2)CC1. The Morgan fingerprint density at radius 2 is 2.14 bits per heavy atom. The first kappa shape index (κ1) is 13.3. The molecule has 1 aliphatic rings. The molecule has 0 unspecified atom stereocenters. The molecule has 0 atom stereocenters. The summed E-state index contributed by atoms with van der Waals surface area (Å²) in [6, 6.07) is 3.84. The Kier molecular flexibility index (Phi) is 3.67. The van der Waals surface area contributed by atoms with E-state index in [9.17, 15) is 4.79 Å². The van der Waals surface area contributed by atoms with E-state index >= 15 is 0 Å². The van der Waals surface area contributed by atoms with E-state index < -0.39 is 0 Å². The van der Waals surface area contributed by atoms with E-state index in [1.807, 2.05) is 12.1 Å². The smallest absolute Gasteiger partial charge is 0.314 e. The van der Waals surface area contributed by atoms with E-state index in [1.54, 1.807) is 22.1 Å². The Morgan fingerprint density at radius 3 is 2.71 bits per heavy atom. The number of hydrogen-bond acceptors (Lipinski definition) is 5. The normalized spacial score (nSPS) is 15.9. The van der Waals surface area contributed by atoms with Crippen LogP contribution in [0, 0.1) is 0 Å². The average molecular weight is 287 g/mol. The first-order valence-electron chi connectivity index (χ1n) is 6.84. The molecule has 0 aromatic carbocycles. The predicted octanol–water partition coefficient (Wildman–Crippen LogP) is 0.617. The number of anilines is 1. The van der Waals surface area contributed by atoms with Crippen LogP contribution in [0.15, 0.2) is 31.0 Å². The molecule has 1 aliphatic heterocycles. The molecular weight excluding hydrogens is 270 g/mol. The van der Waals surface area contributed by atoms with Gasteiger partial charge < -0.3 is 16.0 Å². The fraction of sp³-hybridized carbons (Fsp3) is 0.385. The zero-order valence-corrected chi connectivity index (χ0v) is 11.5. The molecule has 3 heterocycles. The molecule has 2 amide bonds. The lowest BCUT2D eigenvalue weighted by molar-refractivity contribution is 0.193. The van der Waals surface area contributed by atoms with E-state index in [-0.39, 0.29) is 6.03 Å². The van der Waals surface area contributed by atoms with Crippen molar-refractivity contribution in [3.63, 3.8) is 0 Å². The minimum absolute atomic E-state index is 0.333. The quantitative estimate of drug-likeness (QED) is 0.861. The van der Waals surface area contributed by atoms with Crippen molar-refractivity contribution in [2.24, 2.45) is 5.73 Å². The molecular formula is C13H17N7O. The molecule has 0 saturated carbocycles. The number of aromatic nitrogens is 4. The van der Waals surface area contributed by atoms with Crippen LogP contribution in [-0.4, -0.2) is 49.8 Å². The Morgan fingerprint density at radius 1 is 1.33 bits per heavy atom. The average Bonchev–Trinajstić information content (AvgIpc) is 3.03. The second kappa shape index (κ2) is 5.78. The highest BCUT2D eigenvalue weighted by atomic mass is 16.2. The number of nitrogens with one attached hydrogen (secondary N) is 1. The van der Waals surface area contributed by atoms with Gasteiger partial charge in [-0.1, -0.05) is 0 Å². The summed E-state index contributed by atoms with van der Waals surface area (Å²) in [4.78, 5) is 21.0. The third-order valence-corrected chi connectivity index (χ3v) is 3.58. The maximum Gasteiger partial charge on any atom is 0.314 e. The number of amides is 2. The van der Waals surface area contributed by atoms with Gasteiger partial charge in [-0.15, -0.1) is 0 Å². The van der Waals surface area contributed by atoms with Crippen molar-refractivity contribution in [1.82, 2.24) is 24.6 Å². The molecule has 110 valence electrons. The molecule has 3 N–H and O–H groups in total. The Balaban J connectivity index is 1.58. The number of pyridine rings is 1. The van der Waals surface area contributed by atoms with Gasteiger partial charge in [0.2, 0.25) is 0 Å². The van der Waals surface area contributed by atoms with Gasteiger partial charge in [-0.25, -0.2) is 19.4 Å². The Labute approximate surface area is 122 Å². The largest absolute Gasteiger partial charge is 0.381 e. The summed E-state index contributed by atoms with van der Waals surface area (Å²) in [5.74, 6) is 0.724. The van der Waals surface area contributed by atoms with Gasteiger partial charge >= 0.3 is 6.03 Å². The van der Waals surface area contributed by atoms with Crippen molar-refractivity contribution < 1.29 is 4.79 Å². The second-order valence-corrected chi connectivity index (χ2v) is 4.99. The lowest BCUT2D eigenvalue weighted by Crippen LogP contribution is -2.44. The monoisotopic (exact) mass is 287 g/mol. The van der Waals surface area contributed by atoms with Crippen molar-refractivity contribution in [3.8, 4) is 5.82 Å². The van der Waals surface area contributed by atoms with Crippen LogP contribution in [0.5, 0.6) is 0 Å². The van der Waals surface area contributed by atoms with Crippen LogP contribution in [0.4, 0.5) is 10.5 Å². The topological polar surface area (TPSA) is 102 Å². The van der Waals surface area contributed by atoms with Gasteiger partial charge in [0.1, 0.15) is 12.7 Å². The molecule has 2 aromatic rings.